The third-order valence-electron chi connectivity index (χ3n) is 3.19. The van der Waals surface area contributed by atoms with E-state index >= 15 is 0 Å². The Labute approximate surface area is 128 Å². The highest BCUT2D eigenvalue weighted by Crippen LogP contribution is 2.33. The van der Waals surface area contributed by atoms with Gasteiger partial charge in [0.2, 0.25) is 0 Å². The number of nitrogens with two attached hydrogens (primary N) is 1. The maximum Gasteiger partial charge on any atom is 0.151 e. The van der Waals surface area contributed by atoms with Crippen LogP contribution in [0.25, 0.3) is 10.8 Å². The van der Waals surface area contributed by atoms with Gasteiger partial charge in [0.25, 0.3) is 0 Å². The fourth-order valence-electron chi connectivity index (χ4n) is 2.22. The smallest absolute Gasteiger partial charge is 0.151 e. The van der Waals surface area contributed by atoms with Crippen LogP contribution in [0.2, 0.25) is 0 Å². The van der Waals surface area contributed by atoms with E-state index in [1.54, 1.807) is 6.07 Å². The van der Waals surface area contributed by atoms with Crippen LogP contribution in [0.5, 0.6) is 0 Å². The van der Waals surface area contributed by atoms with Gasteiger partial charge in [0.05, 0.1) is 0 Å². The molecule has 3 aromatic rings. The number of fused-ring (bicyclic) bond motifs is 1. The second-order valence-electron chi connectivity index (χ2n) is 4.63. The third kappa shape index (κ3) is 2.56. The van der Waals surface area contributed by atoms with Gasteiger partial charge < -0.3 is 11.1 Å². The molecule has 5 heteroatoms. The zero-order valence-electron chi connectivity index (χ0n) is 10.8. The Morgan fingerprint density at radius 3 is 2.19 bits per heavy atom. The van der Waals surface area contributed by atoms with Crippen LogP contribution >= 0.6 is 15.9 Å². The SMILES string of the molecule is Nc1cc(F)c(Nc2ccc(Br)c3ccccc23)c(F)c1. The highest BCUT2D eigenvalue weighted by molar-refractivity contribution is 9.10. The molecule has 3 aromatic carbocycles. The van der Waals surface area contributed by atoms with Gasteiger partial charge in [-0.15, -0.1) is 0 Å². The molecule has 0 aromatic heterocycles. The molecule has 0 heterocycles. The van der Waals surface area contributed by atoms with Crippen LogP contribution in [-0.4, -0.2) is 0 Å². The first-order chi connectivity index (χ1) is 10.1. The largest absolute Gasteiger partial charge is 0.399 e. The monoisotopic (exact) mass is 348 g/mol. The predicted octanol–water partition coefficient (Wildman–Crippen LogP) is 5.21. The lowest BCUT2D eigenvalue weighted by molar-refractivity contribution is 0.592. The van der Waals surface area contributed by atoms with Crippen LogP contribution in [0, 0.1) is 11.6 Å². The van der Waals surface area contributed by atoms with Crippen molar-refractivity contribution >= 4 is 43.8 Å². The molecule has 0 saturated carbocycles. The number of rotatable bonds is 2. The quantitative estimate of drug-likeness (QED) is 0.624. The molecule has 0 saturated heterocycles. The molecule has 2 nitrogen and oxygen atoms in total. The summed E-state index contributed by atoms with van der Waals surface area (Å²) in [6.45, 7) is 0. The number of benzene rings is 3. The van der Waals surface area contributed by atoms with E-state index in [9.17, 15) is 8.78 Å². The second-order valence-corrected chi connectivity index (χ2v) is 5.48. The van der Waals surface area contributed by atoms with Crippen molar-refractivity contribution in [3.8, 4) is 0 Å². The maximum atomic E-state index is 13.9. The van der Waals surface area contributed by atoms with Gasteiger partial charge in [-0.3, -0.25) is 0 Å². The molecule has 3 rings (SSSR count). The Morgan fingerprint density at radius 2 is 1.52 bits per heavy atom. The van der Waals surface area contributed by atoms with Gasteiger partial charge in [0, 0.05) is 21.2 Å². The molecule has 0 aliphatic carbocycles. The molecule has 0 atom stereocenters. The van der Waals surface area contributed by atoms with Gasteiger partial charge in [-0.1, -0.05) is 40.2 Å². The second kappa shape index (κ2) is 5.33. The summed E-state index contributed by atoms with van der Waals surface area (Å²) in [5.74, 6) is -1.45. The first-order valence-corrected chi connectivity index (χ1v) is 7.04. The van der Waals surface area contributed by atoms with Crippen molar-refractivity contribution in [2.75, 3.05) is 11.1 Å². The number of hydrogen-bond acceptors (Lipinski definition) is 2. The third-order valence-corrected chi connectivity index (χ3v) is 3.89. The van der Waals surface area contributed by atoms with Crippen molar-refractivity contribution in [2.24, 2.45) is 0 Å². The van der Waals surface area contributed by atoms with Gasteiger partial charge in [0.15, 0.2) is 11.6 Å². The van der Waals surface area contributed by atoms with Gasteiger partial charge in [-0.05, 0) is 29.7 Å². The van der Waals surface area contributed by atoms with Gasteiger partial charge in [0.1, 0.15) is 5.69 Å². The van der Waals surface area contributed by atoms with Crippen molar-refractivity contribution in [1.29, 1.82) is 0 Å². The summed E-state index contributed by atoms with van der Waals surface area (Å²) in [5, 5.41) is 4.63. The van der Waals surface area contributed by atoms with Crippen molar-refractivity contribution in [3.63, 3.8) is 0 Å². The lowest BCUT2D eigenvalue weighted by Crippen LogP contribution is -2.00. The molecule has 0 amide bonds. The van der Waals surface area contributed by atoms with Crippen LogP contribution in [0.15, 0.2) is 53.0 Å². The summed E-state index contributed by atoms with van der Waals surface area (Å²) < 4.78 is 28.7. The molecular formula is C16H11BrF2N2. The Bertz CT molecular complexity index is 811. The first-order valence-electron chi connectivity index (χ1n) is 6.25. The Morgan fingerprint density at radius 1 is 0.905 bits per heavy atom. The molecule has 0 aliphatic heterocycles. The fourth-order valence-corrected chi connectivity index (χ4v) is 2.70. The summed E-state index contributed by atoms with van der Waals surface area (Å²) >= 11 is 3.46. The number of anilines is 3. The predicted molar refractivity (Wildman–Crippen MR) is 85.7 cm³/mol. The Kier molecular flexibility index (Phi) is 3.51. The van der Waals surface area contributed by atoms with Crippen LogP contribution in [-0.2, 0) is 0 Å². The fraction of sp³-hybridized carbons (Fsp3) is 0. The Hall–Kier alpha value is -2.14. The van der Waals surface area contributed by atoms with E-state index < -0.39 is 11.6 Å². The van der Waals surface area contributed by atoms with Crippen LogP contribution < -0.4 is 11.1 Å². The van der Waals surface area contributed by atoms with E-state index in [4.69, 9.17) is 5.73 Å². The maximum absolute atomic E-state index is 13.9. The molecule has 3 N–H and O–H groups in total. The summed E-state index contributed by atoms with van der Waals surface area (Å²) in [6, 6.07) is 13.4. The number of nitrogens with one attached hydrogen (secondary N) is 1. The highest BCUT2D eigenvalue weighted by atomic mass is 79.9. The molecule has 0 bridgehead atoms. The van der Waals surface area contributed by atoms with Crippen molar-refractivity contribution in [2.45, 2.75) is 0 Å². The summed E-state index contributed by atoms with van der Waals surface area (Å²) in [6.07, 6.45) is 0. The Balaban J connectivity index is 2.13. The van der Waals surface area contributed by atoms with Crippen LogP contribution in [0.3, 0.4) is 0 Å². The first kappa shape index (κ1) is 13.8. The van der Waals surface area contributed by atoms with E-state index in [1.165, 1.54) is 0 Å². The molecule has 0 unspecified atom stereocenters. The lowest BCUT2D eigenvalue weighted by Gasteiger charge is -2.13. The van der Waals surface area contributed by atoms with E-state index in [0.29, 0.717) is 5.69 Å². The molecule has 21 heavy (non-hydrogen) atoms. The average molecular weight is 349 g/mol. The van der Waals surface area contributed by atoms with Crippen molar-refractivity contribution in [3.05, 3.63) is 64.6 Å². The molecule has 0 radical (unpaired) electrons. The zero-order valence-corrected chi connectivity index (χ0v) is 12.4. The molecule has 0 spiro atoms. The standard InChI is InChI=1S/C16H11BrF2N2/c17-12-5-6-15(11-4-2-1-3-10(11)12)21-16-13(18)7-9(20)8-14(16)19/h1-8,21H,20H2. The summed E-state index contributed by atoms with van der Waals surface area (Å²) in [4.78, 5) is 0. The highest BCUT2D eigenvalue weighted by Gasteiger charge is 2.12. The van der Waals surface area contributed by atoms with Crippen molar-refractivity contribution in [1.82, 2.24) is 0 Å². The normalized spacial score (nSPS) is 10.8. The molecule has 106 valence electrons. The van der Waals surface area contributed by atoms with Gasteiger partial charge in [-0.2, -0.15) is 0 Å². The topological polar surface area (TPSA) is 38.0 Å². The van der Waals surface area contributed by atoms with E-state index in [1.807, 2.05) is 30.3 Å². The van der Waals surface area contributed by atoms with Gasteiger partial charge >= 0.3 is 0 Å². The van der Waals surface area contributed by atoms with E-state index in [-0.39, 0.29) is 11.4 Å². The molecular weight excluding hydrogens is 338 g/mol. The lowest BCUT2D eigenvalue weighted by atomic mass is 10.1. The van der Waals surface area contributed by atoms with E-state index in [2.05, 4.69) is 21.2 Å². The van der Waals surface area contributed by atoms with Crippen LogP contribution in [0.1, 0.15) is 0 Å². The van der Waals surface area contributed by atoms with Crippen LogP contribution in [0.4, 0.5) is 25.8 Å². The number of nitrogen functional groups attached to an aromatic ring is 1. The minimum Gasteiger partial charge on any atom is -0.399 e. The molecule has 0 aliphatic rings. The minimum atomic E-state index is -0.723. The van der Waals surface area contributed by atoms with Gasteiger partial charge in [-0.25, -0.2) is 8.78 Å². The minimum absolute atomic E-state index is 0.0521. The summed E-state index contributed by atoms with van der Waals surface area (Å²) in [5.41, 5.74) is 5.88. The average Bonchev–Trinajstić information content (AvgIpc) is 2.45. The number of hydrogen-bond donors (Lipinski definition) is 2. The summed E-state index contributed by atoms with van der Waals surface area (Å²) in [7, 11) is 0. The molecule has 0 fully saturated rings. The van der Waals surface area contributed by atoms with E-state index in [0.717, 1.165) is 27.4 Å². The zero-order chi connectivity index (χ0) is 15.0. The van der Waals surface area contributed by atoms with Crippen molar-refractivity contribution < 1.29 is 8.78 Å². The number of halogens is 3.